The Bertz CT molecular complexity index is 997. The summed E-state index contributed by atoms with van der Waals surface area (Å²) in [5.41, 5.74) is 1.97. The third-order valence-corrected chi connectivity index (χ3v) is 5.51. The lowest BCUT2D eigenvalue weighted by Gasteiger charge is -2.14. The molecule has 0 spiro atoms. The van der Waals surface area contributed by atoms with Gasteiger partial charge in [0.05, 0.1) is 21.8 Å². The van der Waals surface area contributed by atoms with Gasteiger partial charge in [-0.3, -0.25) is 4.79 Å². The third kappa shape index (κ3) is 6.39. The van der Waals surface area contributed by atoms with Crippen LogP contribution in [0.3, 0.4) is 0 Å². The zero-order valence-electron chi connectivity index (χ0n) is 15.8. The first-order valence-corrected chi connectivity index (χ1v) is 10.5. The van der Waals surface area contributed by atoms with E-state index >= 15 is 0 Å². The Balaban J connectivity index is 1.46. The van der Waals surface area contributed by atoms with Crippen molar-refractivity contribution in [2.75, 3.05) is 5.75 Å². The second-order valence-corrected chi connectivity index (χ2v) is 8.06. The largest absolute Gasteiger partial charge is 0.484 e. The van der Waals surface area contributed by atoms with Crippen molar-refractivity contribution in [1.82, 2.24) is 15.5 Å². The molecule has 29 heavy (non-hydrogen) atoms. The summed E-state index contributed by atoms with van der Waals surface area (Å²) in [4.78, 5) is 12.2. The minimum absolute atomic E-state index is 0.145. The first-order chi connectivity index (χ1) is 13.9. The SMILES string of the molecule is Cc1cccc(OCc2nnc(SCC(=O)NC(C)c3ccc(Cl)c(Cl)c3)o2)c1. The van der Waals surface area contributed by atoms with Gasteiger partial charge in [-0.15, -0.1) is 10.2 Å². The molecule has 0 fully saturated rings. The lowest BCUT2D eigenvalue weighted by atomic mass is 10.1. The minimum Gasteiger partial charge on any atom is -0.484 e. The van der Waals surface area contributed by atoms with E-state index in [4.69, 9.17) is 32.4 Å². The molecular formula is C20H19Cl2N3O3S. The van der Waals surface area contributed by atoms with Crippen LogP contribution in [0.1, 0.15) is 30.0 Å². The van der Waals surface area contributed by atoms with Crippen LogP contribution in [0.5, 0.6) is 5.75 Å². The molecule has 1 N–H and O–H groups in total. The van der Waals surface area contributed by atoms with Crippen LogP contribution in [0.2, 0.25) is 10.0 Å². The van der Waals surface area contributed by atoms with Crippen LogP contribution in [0, 0.1) is 6.92 Å². The molecule has 0 aliphatic rings. The Kier molecular flexibility index (Phi) is 7.41. The number of carbonyl (C=O) groups is 1. The van der Waals surface area contributed by atoms with Crippen molar-refractivity contribution in [2.45, 2.75) is 31.7 Å². The molecule has 1 heterocycles. The number of nitrogens with zero attached hydrogens (tertiary/aromatic N) is 2. The van der Waals surface area contributed by atoms with Crippen molar-refractivity contribution < 1.29 is 13.9 Å². The van der Waals surface area contributed by atoms with Crippen molar-refractivity contribution in [1.29, 1.82) is 0 Å². The van der Waals surface area contributed by atoms with E-state index < -0.39 is 0 Å². The van der Waals surface area contributed by atoms with Gasteiger partial charge in [0.2, 0.25) is 5.91 Å². The molecule has 0 bridgehead atoms. The van der Waals surface area contributed by atoms with Crippen molar-refractivity contribution in [3.8, 4) is 5.75 Å². The van der Waals surface area contributed by atoms with E-state index in [1.165, 1.54) is 0 Å². The second kappa shape index (κ2) is 10.0. The predicted octanol–water partition coefficient (Wildman–Crippen LogP) is 5.23. The zero-order chi connectivity index (χ0) is 20.8. The van der Waals surface area contributed by atoms with Crippen LogP contribution >= 0.6 is 35.0 Å². The normalized spacial score (nSPS) is 11.9. The van der Waals surface area contributed by atoms with Gasteiger partial charge in [0, 0.05) is 0 Å². The van der Waals surface area contributed by atoms with E-state index in [2.05, 4.69) is 15.5 Å². The van der Waals surface area contributed by atoms with Crippen molar-refractivity contribution >= 4 is 40.9 Å². The fraction of sp³-hybridized carbons (Fsp3) is 0.250. The fourth-order valence-electron chi connectivity index (χ4n) is 2.48. The van der Waals surface area contributed by atoms with Crippen molar-refractivity contribution in [2.24, 2.45) is 0 Å². The Morgan fingerprint density at radius 1 is 1.21 bits per heavy atom. The summed E-state index contributed by atoms with van der Waals surface area (Å²) in [6, 6.07) is 12.7. The quantitative estimate of drug-likeness (QED) is 0.472. The zero-order valence-corrected chi connectivity index (χ0v) is 18.1. The van der Waals surface area contributed by atoms with E-state index in [1.54, 1.807) is 12.1 Å². The number of carbonyl (C=O) groups excluding carboxylic acids is 1. The van der Waals surface area contributed by atoms with Gasteiger partial charge in [0.1, 0.15) is 5.75 Å². The molecule has 0 aliphatic carbocycles. The van der Waals surface area contributed by atoms with Crippen molar-refractivity contribution in [3.63, 3.8) is 0 Å². The van der Waals surface area contributed by atoms with Crippen LogP contribution < -0.4 is 10.1 Å². The summed E-state index contributed by atoms with van der Waals surface area (Å²) in [5.74, 6) is 1.06. The first kappa shape index (κ1) is 21.5. The summed E-state index contributed by atoms with van der Waals surface area (Å²) in [6.07, 6.45) is 0. The molecule has 1 aromatic heterocycles. The lowest BCUT2D eigenvalue weighted by molar-refractivity contribution is -0.119. The lowest BCUT2D eigenvalue weighted by Crippen LogP contribution is -2.28. The molecule has 6 nitrogen and oxygen atoms in total. The van der Waals surface area contributed by atoms with Crippen LogP contribution in [0.4, 0.5) is 0 Å². The summed E-state index contributed by atoms with van der Waals surface area (Å²) in [6.45, 7) is 4.02. The molecule has 0 saturated heterocycles. The molecule has 0 aliphatic heterocycles. The van der Waals surface area contributed by atoms with E-state index in [-0.39, 0.29) is 24.3 Å². The van der Waals surface area contributed by atoms with Crippen LogP contribution in [-0.2, 0) is 11.4 Å². The van der Waals surface area contributed by atoms with Crippen LogP contribution in [0.25, 0.3) is 0 Å². The number of amides is 1. The van der Waals surface area contributed by atoms with Crippen molar-refractivity contribution in [3.05, 3.63) is 69.5 Å². The number of ether oxygens (including phenoxy) is 1. The molecule has 3 rings (SSSR count). The minimum atomic E-state index is -0.209. The highest BCUT2D eigenvalue weighted by atomic mass is 35.5. The third-order valence-electron chi connectivity index (χ3n) is 3.95. The Hall–Kier alpha value is -2.22. The van der Waals surface area contributed by atoms with E-state index in [1.807, 2.05) is 44.2 Å². The molecule has 2 aromatic carbocycles. The number of rotatable bonds is 8. The summed E-state index contributed by atoms with van der Waals surface area (Å²) in [5, 5.41) is 12.0. The number of nitrogens with one attached hydrogen (secondary N) is 1. The highest BCUT2D eigenvalue weighted by Crippen LogP contribution is 2.26. The molecule has 1 atom stereocenters. The monoisotopic (exact) mass is 451 g/mol. The molecule has 9 heteroatoms. The molecule has 0 radical (unpaired) electrons. The number of halogens is 2. The second-order valence-electron chi connectivity index (χ2n) is 6.32. The molecule has 152 valence electrons. The maximum atomic E-state index is 12.2. The first-order valence-electron chi connectivity index (χ1n) is 8.79. The van der Waals surface area contributed by atoms with Gasteiger partial charge in [-0.05, 0) is 49.2 Å². The van der Waals surface area contributed by atoms with E-state index in [9.17, 15) is 4.79 Å². The van der Waals surface area contributed by atoms with Crippen LogP contribution in [0.15, 0.2) is 52.1 Å². The maximum Gasteiger partial charge on any atom is 0.277 e. The van der Waals surface area contributed by atoms with E-state index in [0.717, 1.165) is 28.6 Å². The fourth-order valence-corrected chi connectivity index (χ4v) is 3.38. The highest BCUT2D eigenvalue weighted by Gasteiger charge is 2.14. The van der Waals surface area contributed by atoms with Gasteiger partial charge < -0.3 is 14.5 Å². The molecule has 1 amide bonds. The number of benzene rings is 2. The summed E-state index contributed by atoms with van der Waals surface area (Å²) < 4.78 is 11.1. The Labute approximate surface area is 182 Å². The highest BCUT2D eigenvalue weighted by molar-refractivity contribution is 7.99. The topological polar surface area (TPSA) is 77.2 Å². The number of aryl methyl sites for hydroxylation is 1. The average molecular weight is 452 g/mol. The number of hydrogen-bond acceptors (Lipinski definition) is 6. The van der Waals surface area contributed by atoms with Gasteiger partial charge in [-0.1, -0.05) is 53.2 Å². The smallest absolute Gasteiger partial charge is 0.277 e. The summed E-state index contributed by atoms with van der Waals surface area (Å²) >= 11 is 13.1. The average Bonchev–Trinajstić information content (AvgIpc) is 3.15. The van der Waals surface area contributed by atoms with E-state index in [0.29, 0.717) is 21.2 Å². The van der Waals surface area contributed by atoms with Gasteiger partial charge in [0.15, 0.2) is 6.61 Å². The Morgan fingerprint density at radius 2 is 2.03 bits per heavy atom. The molecule has 3 aromatic rings. The van der Waals surface area contributed by atoms with Gasteiger partial charge in [-0.2, -0.15) is 0 Å². The maximum absolute atomic E-state index is 12.2. The Morgan fingerprint density at radius 3 is 2.79 bits per heavy atom. The molecule has 0 saturated carbocycles. The molecule has 1 unspecified atom stereocenters. The standard InChI is InChI=1S/C20H19Cl2N3O3S/c1-12-4-3-5-15(8-12)27-10-19-24-25-20(28-19)29-11-18(26)23-13(2)14-6-7-16(21)17(22)9-14/h3-9,13H,10-11H2,1-2H3,(H,23,26). The van der Waals surface area contributed by atoms with Gasteiger partial charge in [-0.25, -0.2) is 0 Å². The predicted molar refractivity (Wildman–Crippen MR) is 114 cm³/mol. The molecular weight excluding hydrogens is 433 g/mol. The van der Waals surface area contributed by atoms with Gasteiger partial charge in [0.25, 0.3) is 11.1 Å². The number of hydrogen-bond donors (Lipinski definition) is 1. The van der Waals surface area contributed by atoms with Gasteiger partial charge >= 0.3 is 0 Å². The van der Waals surface area contributed by atoms with Crippen LogP contribution in [-0.4, -0.2) is 21.9 Å². The number of thioether (sulfide) groups is 1. The number of aromatic nitrogens is 2. The summed E-state index contributed by atoms with van der Waals surface area (Å²) in [7, 11) is 0.